The standard InChI is InChI=1S/C24H21ClF3N3O3/c25-17-7-5-16(6-8-17)20-9-10-21(34-20)23(33)31-13-11-30(12-14-31)15-22(32)29-19-4-2-1-3-18(19)24(26,27)28/h1-10H,11-15H2,(H,29,32). The molecule has 6 nitrogen and oxygen atoms in total. The monoisotopic (exact) mass is 491 g/mol. The summed E-state index contributed by atoms with van der Waals surface area (Å²) >= 11 is 5.90. The molecule has 2 aromatic carbocycles. The molecule has 10 heteroatoms. The number of halogens is 4. The number of amides is 2. The minimum atomic E-state index is -4.56. The Hall–Kier alpha value is -3.30. The number of anilines is 1. The van der Waals surface area contributed by atoms with Crippen LogP contribution in [0, 0.1) is 0 Å². The maximum atomic E-state index is 13.1. The molecule has 0 aliphatic carbocycles. The van der Waals surface area contributed by atoms with E-state index in [9.17, 15) is 22.8 Å². The van der Waals surface area contributed by atoms with E-state index >= 15 is 0 Å². The Balaban J connectivity index is 1.30. The van der Waals surface area contributed by atoms with Gasteiger partial charge >= 0.3 is 6.18 Å². The predicted molar refractivity (Wildman–Crippen MR) is 122 cm³/mol. The molecule has 178 valence electrons. The van der Waals surface area contributed by atoms with Crippen LogP contribution in [0.15, 0.2) is 65.1 Å². The molecular formula is C24H21ClF3N3O3. The van der Waals surface area contributed by atoms with Crippen LogP contribution in [0.1, 0.15) is 16.1 Å². The van der Waals surface area contributed by atoms with Gasteiger partial charge in [0.25, 0.3) is 5.91 Å². The van der Waals surface area contributed by atoms with E-state index in [1.165, 1.54) is 18.2 Å². The lowest BCUT2D eigenvalue weighted by atomic mass is 10.1. The Morgan fingerprint density at radius 3 is 2.29 bits per heavy atom. The number of carbonyl (C=O) groups excluding carboxylic acids is 2. The van der Waals surface area contributed by atoms with Crippen molar-refractivity contribution in [1.82, 2.24) is 9.80 Å². The molecule has 1 saturated heterocycles. The molecule has 0 unspecified atom stereocenters. The Morgan fingerprint density at radius 1 is 0.941 bits per heavy atom. The molecule has 1 aliphatic rings. The Bertz CT molecular complexity index is 1170. The summed E-state index contributed by atoms with van der Waals surface area (Å²) < 4.78 is 45.1. The molecule has 1 N–H and O–H groups in total. The summed E-state index contributed by atoms with van der Waals surface area (Å²) in [6, 6.07) is 15.2. The molecule has 0 saturated carbocycles. The third-order valence-electron chi connectivity index (χ3n) is 5.48. The van der Waals surface area contributed by atoms with Gasteiger partial charge in [0.2, 0.25) is 5.91 Å². The molecule has 4 rings (SSSR count). The van der Waals surface area contributed by atoms with Gasteiger partial charge in [-0.1, -0.05) is 23.7 Å². The van der Waals surface area contributed by atoms with E-state index in [1.54, 1.807) is 46.2 Å². The number of nitrogens with zero attached hydrogens (tertiary/aromatic N) is 2. The number of piperazine rings is 1. The van der Waals surface area contributed by atoms with Crippen LogP contribution in [0.2, 0.25) is 5.02 Å². The number of hydrogen-bond acceptors (Lipinski definition) is 4. The van der Waals surface area contributed by atoms with E-state index in [-0.39, 0.29) is 23.9 Å². The summed E-state index contributed by atoms with van der Waals surface area (Å²) in [4.78, 5) is 28.5. The summed E-state index contributed by atoms with van der Waals surface area (Å²) in [5.41, 5.74) is -0.371. The fourth-order valence-electron chi connectivity index (χ4n) is 3.72. The fraction of sp³-hybridized carbons (Fsp3) is 0.250. The van der Waals surface area contributed by atoms with Gasteiger partial charge in [-0.15, -0.1) is 0 Å². The molecular weight excluding hydrogens is 471 g/mol. The first-order valence-electron chi connectivity index (χ1n) is 10.5. The number of hydrogen-bond donors (Lipinski definition) is 1. The lowest BCUT2D eigenvalue weighted by Crippen LogP contribution is -2.50. The first kappa shape index (κ1) is 23.8. The van der Waals surface area contributed by atoms with Gasteiger partial charge in [-0.05, 0) is 48.5 Å². The van der Waals surface area contributed by atoms with Gasteiger partial charge in [0.05, 0.1) is 17.8 Å². The van der Waals surface area contributed by atoms with Gasteiger partial charge < -0.3 is 14.6 Å². The van der Waals surface area contributed by atoms with Crippen LogP contribution in [0.4, 0.5) is 18.9 Å². The molecule has 1 aliphatic heterocycles. The van der Waals surface area contributed by atoms with Gasteiger partial charge in [0.1, 0.15) is 5.76 Å². The number of benzene rings is 2. The second kappa shape index (κ2) is 9.90. The number of rotatable bonds is 5. The SMILES string of the molecule is O=C(CN1CCN(C(=O)c2ccc(-c3ccc(Cl)cc3)o2)CC1)Nc1ccccc1C(F)(F)F. The van der Waals surface area contributed by atoms with Crippen molar-refractivity contribution in [3.63, 3.8) is 0 Å². The average Bonchev–Trinajstić information content (AvgIpc) is 3.29. The molecule has 3 aromatic rings. The largest absolute Gasteiger partial charge is 0.451 e. The fourth-order valence-corrected chi connectivity index (χ4v) is 3.85. The van der Waals surface area contributed by atoms with Crippen LogP contribution in [0.3, 0.4) is 0 Å². The molecule has 0 bridgehead atoms. The summed E-state index contributed by atoms with van der Waals surface area (Å²) in [7, 11) is 0. The highest BCUT2D eigenvalue weighted by Gasteiger charge is 2.33. The Labute approximate surface area is 198 Å². The number of carbonyl (C=O) groups is 2. The van der Waals surface area contributed by atoms with Crippen molar-refractivity contribution >= 4 is 29.1 Å². The lowest BCUT2D eigenvalue weighted by Gasteiger charge is -2.33. The van der Waals surface area contributed by atoms with Crippen molar-refractivity contribution in [2.45, 2.75) is 6.18 Å². The topological polar surface area (TPSA) is 65.8 Å². The number of alkyl halides is 3. The molecule has 2 amide bonds. The molecule has 0 spiro atoms. The third-order valence-corrected chi connectivity index (χ3v) is 5.73. The van der Waals surface area contributed by atoms with E-state index in [1.807, 2.05) is 0 Å². The molecule has 2 heterocycles. The summed E-state index contributed by atoms with van der Waals surface area (Å²) in [6.07, 6.45) is -4.56. The maximum absolute atomic E-state index is 13.1. The minimum absolute atomic E-state index is 0.0737. The summed E-state index contributed by atoms with van der Waals surface area (Å²) in [5.74, 6) is -0.0482. The quantitative estimate of drug-likeness (QED) is 0.544. The van der Waals surface area contributed by atoms with Crippen molar-refractivity contribution in [2.75, 3.05) is 38.0 Å². The zero-order valence-corrected chi connectivity index (χ0v) is 18.7. The van der Waals surface area contributed by atoms with E-state index in [4.69, 9.17) is 16.0 Å². The lowest BCUT2D eigenvalue weighted by molar-refractivity contribution is -0.137. The Kier molecular flexibility index (Phi) is 6.95. The number of furan rings is 1. The molecule has 0 atom stereocenters. The van der Waals surface area contributed by atoms with Crippen molar-refractivity contribution in [1.29, 1.82) is 0 Å². The average molecular weight is 492 g/mol. The first-order valence-corrected chi connectivity index (χ1v) is 10.9. The molecule has 1 fully saturated rings. The first-order chi connectivity index (χ1) is 16.2. The van der Waals surface area contributed by atoms with Crippen molar-refractivity contribution < 1.29 is 27.2 Å². The van der Waals surface area contributed by atoms with Gasteiger partial charge in [-0.3, -0.25) is 14.5 Å². The van der Waals surface area contributed by atoms with E-state index in [2.05, 4.69) is 5.32 Å². The zero-order chi connectivity index (χ0) is 24.3. The van der Waals surface area contributed by atoms with Gasteiger partial charge in [0.15, 0.2) is 5.76 Å². The van der Waals surface area contributed by atoms with E-state index < -0.39 is 17.6 Å². The smallest absolute Gasteiger partial charge is 0.418 e. The zero-order valence-electron chi connectivity index (χ0n) is 17.9. The highest BCUT2D eigenvalue weighted by Crippen LogP contribution is 2.34. The van der Waals surface area contributed by atoms with E-state index in [0.717, 1.165) is 11.6 Å². The normalized spacial score (nSPS) is 14.8. The maximum Gasteiger partial charge on any atom is 0.418 e. The highest BCUT2D eigenvalue weighted by molar-refractivity contribution is 6.30. The Morgan fingerprint density at radius 2 is 1.62 bits per heavy atom. The van der Waals surface area contributed by atoms with Crippen molar-refractivity contribution in [3.05, 3.63) is 77.0 Å². The van der Waals surface area contributed by atoms with Crippen LogP contribution >= 0.6 is 11.6 Å². The number of nitrogens with one attached hydrogen (secondary N) is 1. The minimum Gasteiger partial charge on any atom is -0.451 e. The second-order valence-electron chi connectivity index (χ2n) is 7.83. The summed E-state index contributed by atoms with van der Waals surface area (Å²) in [6.45, 7) is 1.47. The third kappa shape index (κ3) is 5.60. The van der Waals surface area contributed by atoms with Crippen LogP contribution in [-0.2, 0) is 11.0 Å². The van der Waals surface area contributed by atoms with Crippen LogP contribution < -0.4 is 5.32 Å². The molecule has 0 radical (unpaired) electrons. The van der Waals surface area contributed by atoms with Gasteiger partial charge in [-0.25, -0.2) is 0 Å². The van der Waals surface area contributed by atoms with Crippen LogP contribution in [-0.4, -0.2) is 54.3 Å². The van der Waals surface area contributed by atoms with Gasteiger partial charge in [-0.2, -0.15) is 13.2 Å². The molecule has 1 aromatic heterocycles. The summed E-state index contributed by atoms with van der Waals surface area (Å²) in [5, 5.41) is 2.94. The second-order valence-corrected chi connectivity index (χ2v) is 8.27. The number of para-hydroxylation sites is 1. The molecule has 34 heavy (non-hydrogen) atoms. The van der Waals surface area contributed by atoms with Gasteiger partial charge in [0, 0.05) is 36.8 Å². The van der Waals surface area contributed by atoms with E-state index in [0.29, 0.717) is 37.0 Å². The van der Waals surface area contributed by atoms with Crippen molar-refractivity contribution in [3.8, 4) is 11.3 Å². The highest BCUT2D eigenvalue weighted by atomic mass is 35.5. The van der Waals surface area contributed by atoms with Crippen LogP contribution in [0.5, 0.6) is 0 Å². The van der Waals surface area contributed by atoms with Crippen LogP contribution in [0.25, 0.3) is 11.3 Å². The van der Waals surface area contributed by atoms with Crippen molar-refractivity contribution in [2.24, 2.45) is 0 Å². The predicted octanol–water partition coefficient (Wildman–Crippen LogP) is 5.02.